The second-order valence-electron chi connectivity index (χ2n) is 3.23. The van der Waals surface area contributed by atoms with Crippen LogP contribution in [-0.4, -0.2) is 27.1 Å². The molecule has 19 heavy (non-hydrogen) atoms. The molecule has 3 N–H and O–H groups in total. The smallest absolute Gasteiger partial charge is 0.344 e. The largest absolute Gasteiger partial charge is 0.477 e. The van der Waals surface area contributed by atoms with Gasteiger partial charge in [-0.1, -0.05) is 11.6 Å². The maximum Gasteiger partial charge on any atom is 0.344 e. The van der Waals surface area contributed by atoms with E-state index in [9.17, 15) is 19.7 Å². The van der Waals surface area contributed by atoms with Gasteiger partial charge in [-0.15, -0.1) is 0 Å². The van der Waals surface area contributed by atoms with Gasteiger partial charge in [0.1, 0.15) is 5.69 Å². The van der Waals surface area contributed by atoms with Gasteiger partial charge in [0.05, 0.1) is 4.92 Å². The molecule has 1 aromatic carbocycles. The number of hydrogen-bond acceptors (Lipinski definition) is 5. The number of carbonyl (C=O) groups is 2. The average molecular weight is 287 g/mol. The van der Waals surface area contributed by atoms with E-state index in [0.29, 0.717) is 6.20 Å². The fourth-order valence-corrected chi connectivity index (χ4v) is 1.31. The summed E-state index contributed by atoms with van der Waals surface area (Å²) in [5.41, 5.74) is -1.43. The topological polar surface area (TPSA) is 130 Å². The number of carboxylic acid groups (broad SMARTS) is 2. The molecule has 0 amide bonds. The lowest BCUT2D eigenvalue weighted by atomic mass is 10.2. The molecule has 0 saturated carbocycles. The number of anilines is 1. The van der Waals surface area contributed by atoms with Crippen molar-refractivity contribution >= 4 is 34.9 Å². The zero-order valence-electron chi connectivity index (χ0n) is 9.16. The number of nitrogens with one attached hydrogen (secondary N) is 1. The normalized spacial score (nSPS) is 9.53. The Morgan fingerprint density at radius 2 is 1.89 bits per heavy atom. The summed E-state index contributed by atoms with van der Waals surface area (Å²) in [6, 6.07) is 3.63. The van der Waals surface area contributed by atoms with Gasteiger partial charge < -0.3 is 15.5 Å². The number of carboxylic acids is 2. The Morgan fingerprint density at radius 1 is 1.32 bits per heavy atom. The van der Waals surface area contributed by atoms with Crippen molar-refractivity contribution in [2.45, 2.75) is 0 Å². The minimum atomic E-state index is -1.67. The third-order valence-corrected chi connectivity index (χ3v) is 2.22. The quantitative estimate of drug-likeness (QED) is 0.247. The molecule has 0 atom stereocenters. The maximum absolute atomic E-state index is 10.7. The van der Waals surface area contributed by atoms with E-state index < -0.39 is 28.1 Å². The Labute approximate surface area is 111 Å². The summed E-state index contributed by atoms with van der Waals surface area (Å²) in [6.07, 6.45) is 0.654. The molecule has 8 nitrogen and oxygen atoms in total. The lowest BCUT2D eigenvalue weighted by molar-refractivity contribution is -0.383. The van der Waals surface area contributed by atoms with E-state index in [1.807, 2.05) is 0 Å². The molecule has 0 unspecified atom stereocenters. The van der Waals surface area contributed by atoms with E-state index >= 15 is 0 Å². The van der Waals surface area contributed by atoms with Gasteiger partial charge >= 0.3 is 11.9 Å². The Hall–Kier alpha value is -2.61. The van der Waals surface area contributed by atoms with Crippen LogP contribution in [0.15, 0.2) is 30.0 Å². The summed E-state index contributed by atoms with van der Waals surface area (Å²) >= 11 is 5.59. The zero-order valence-corrected chi connectivity index (χ0v) is 9.92. The molecule has 9 heteroatoms. The van der Waals surface area contributed by atoms with Gasteiger partial charge in [-0.05, 0) is 12.1 Å². The number of rotatable bonds is 5. The SMILES string of the molecule is O=C(O)C(=CNc1ccc(Cl)cc1[N+](=O)[O-])C(=O)O. The number of nitro benzene ring substituents is 1. The van der Waals surface area contributed by atoms with Crippen molar-refractivity contribution in [3.63, 3.8) is 0 Å². The van der Waals surface area contributed by atoms with Crippen molar-refractivity contribution in [2.75, 3.05) is 5.32 Å². The summed E-state index contributed by atoms with van der Waals surface area (Å²) in [4.78, 5) is 31.2. The number of hydrogen-bond donors (Lipinski definition) is 3. The predicted molar refractivity (Wildman–Crippen MR) is 65.1 cm³/mol. The van der Waals surface area contributed by atoms with Gasteiger partial charge in [0.15, 0.2) is 5.57 Å². The molecular formula is C10H7ClN2O6. The number of benzene rings is 1. The molecule has 0 fully saturated rings. The van der Waals surface area contributed by atoms with Crippen LogP contribution in [0.2, 0.25) is 5.02 Å². The molecule has 0 aliphatic heterocycles. The third kappa shape index (κ3) is 3.68. The fourth-order valence-electron chi connectivity index (χ4n) is 1.14. The van der Waals surface area contributed by atoms with E-state index in [4.69, 9.17) is 21.8 Å². The van der Waals surface area contributed by atoms with Gasteiger partial charge in [0.2, 0.25) is 0 Å². The third-order valence-electron chi connectivity index (χ3n) is 1.99. The van der Waals surface area contributed by atoms with Crippen LogP contribution in [0.5, 0.6) is 0 Å². The first-order valence-electron chi connectivity index (χ1n) is 4.70. The van der Waals surface area contributed by atoms with Crippen molar-refractivity contribution in [3.05, 3.63) is 45.1 Å². The lowest BCUT2D eigenvalue weighted by Crippen LogP contribution is -2.13. The van der Waals surface area contributed by atoms with E-state index in [0.717, 1.165) is 6.07 Å². The zero-order chi connectivity index (χ0) is 14.6. The van der Waals surface area contributed by atoms with Crippen LogP contribution < -0.4 is 5.32 Å². The van der Waals surface area contributed by atoms with Crippen molar-refractivity contribution in [1.29, 1.82) is 0 Å². The van der Waals surface area contributed by atoms with Crippen LogP contribution in [-0.2, 0) is 9.59 Å². The molecule has 0 aliphatic carbocycles. The first-order valence-corrected chi connectivity index (χ1v) is 5.08. The minimum Gasteiger partial charge on any atom is -0.477 e. The molecule has 100 valence electrons. The number of halogens is 1. The molecule has 1 rings (SSSR count). The van der Waals surface area contributed by atoms with Gasteiger partial charge in [-0.2, -0.15) is 0 Å². The number of nitrogens with zero attached hydrogens (tertiary/aromatic N) is 1. The Balaban J connectivity index is 3.13. The molecule has 0 spiro atoms. The second-order valence-corrected chi connectivity index (χ2v) is 3.67. The highest BCUT2D eigenvalue weighted by molar-refractivity contribution is 6.30. The van der Waals surface area contributed by atoms with E-state index in [1.165, 1.54) is 12.1 Å². The highest BCUT2D eigenvalue weighted by Crippen LogP contribution is 2.27. The van der Waals surface area contributed by atoms with Crippen LogP contribution in [0, 0.1) is 10.1 Å². The predicted octanol–water partition coefficient (Wildman–Crippen LogP) is 1.71. The first kappa shape index (κ1) is 14.5. The maximum atomic E-state index is 10.7. The van der Waals surface area contributed by atoms with Gasteiger partial charge in [0, 0.05) is 17.3 Å². The van der Waals surface area contributed by atoms with Crippen LogP contribution in [0.3, 0.4) is 0 Å². The fraction of sp³-hybridized carbons (Fsp3) is 0. The van der Waals surface area contributed by atoms with Crippen LogP contribution >= 0.6 is 11.6 Å². The van der Waals surface area contributed by atoms with Crippen LogP contribution in [0.25, 0.3) is 0 Å². The van der Waals surface area contributed by atoms with Crippen molar-refractivity contribution in [3.8, 4) is 0 Å². The summed E-state index contributed by atoms with van der Waals surface area (Å²) in [5.74, 6) is -3.34. The molecule has 0 aromatic heterocycles. The molecule has 0 radical (unpaired) electrons. The summed E-state index contributed by atoms with van der Waals surface area (Å²) in [6.45, 7) is 0. The first-order chi connectivity index (χ1) is 8.82. The van der Waals surface area contributed by atoms with Crippen LogP contribution in [0.1, 0.15) is 0 Å². The van der Waals surface area contributed by atoms with E-state index in [2.05, 4.69) is 5.32 Å². The van der Waals surface area contributed by atoms with Crippen molar-refractivity contribution in [2.24, 2.45) is 0 Å². The second kappa shape index (κ2) is 5.83. The lowest BCUT2D eigenvalue weighted by Gasteiger charge is -2.03. The van der Waals surface area contributed by atoms with Crippen molar-refractivity contribution in [1.82, 2.24) is 0 Å². The van der Waals surface area contributed by atoms with E-state index in [-0.39, 0.29) is 10.7 Å². The minimum absolute atomic E-state index is 0.0746. The monoisotopic (exact) mass is 286 g/mol. The average Bonchev–Trinajstić information content (AvgIpc) is 2.29. The summed E-state index contributed by atoms with van der Waals surface area (Å²) in [7, 11) is 0. The molecular weight excluding hydrogens is 280 g/mol. The van der Waals surface area contributed by atoms with Crippen molar-refractivity contribution < 1.29 is 24.7 Å². The Morgan fingerprint density at radius 3 is 2.37 bits per heavy atom. The van der Waals surface area contributed by atoms with Gasteiger partial charge in [0.25, 0.3) is 5.69 Å². The van der Waals surface area contributed by atoms with Gasteiger partial charge in [-0.25, -0.2) is 9.59 Å². The molecule has 0 saturated heterocycles. The Bertz CT molecular complexity index is 567. The molecule has 1 aromatic rings. The van der Waals surface area contributed by atoms with E-state index in [1.54, 1.807) is 0 Å². The highest BCUT2D eigenvalue weighted by atomic mass is 35.5. The number of aliphatic carboxylic acids is 2. The molecule has 0 aliphatic rings. The van der Waals surface area contributed by atoms with Gasteiger partial charge in [-0.3, -0.25) is 10.1 Å². The highest BCUT2D eigenvalue weighted by Gasteiger charge is 2.18. The summed E-state index contributed by atoms with van der Waals surface area (Å²) in [5, 5.41) is 30.3. The van der Waals surface area contributed by atoms with Crippen LogP contribution in [0.4, 0.5) is 11.4 Å². The Kier molecular flexibility index (Phi) is 4.43. The summed E-state index contributed by atoms with van der Waals surface area (Å²) < 4.78 is 0. The number of nitro groups is 1. The molecule has 0 bridgehead atoms. The standard InChI is InChI=1S/C10H7ClN2O6/c11-5-1-2-7(8(3-5)13(18)19)12-4-6(9(14)15)10(16)17/h1-4,12H,(H,14,15)(H,16,17). The molecule has 0 heterocycles.